The molecule has 0 atom stereocenters. The molecule has 0 aliphatic carbocycles. The normalized spacial score (nSPS) is 10.7. The lowest BCUT2D eigenvalue weighted by Crippen LogP contribution is -2.16. The lowest BCUT2D eigenvalue weighted by molar-refractivity contribution is -0.115. The van der Waals surface area contributed by atoms with Crippen LogP contribution in [-0.2, 0) is 11.2 Å². The maximum absolute atomic E-state index is 13.2. The molecule has 0 fully saturated rings. The molecule has 0 bridgehead atoms. The van der Waals surface area contributed by atoms with Gasteiger partial charge in [0.15, 0.2) is 0 Å². The Labute approximate surface area is 173 Å². The molecule has 0 spiro atoms. The molecular formula is C21H21ClFN3O3. The van der Waals surface area contributed by atoms with E-state index in [0.29, 0.717) is 22.2 Å². The summed E-state index contributed by atoms with van der Waals surface area (Å²) in [5.41, 5.74) is 3.52. The molecule has 0 aliphatic rings. The molecule has 152 valence electrons. The second kappa shape index (κ2) is 8.53. The van der Waals surface area contributed by atoms with Gasteiger partial charge in [-0.2, -0.15) is 5.10 Å². The highest BCUT2D eigenvalue weighted by molar-refractivity contribution is 6.32. The van der Waals surface area contributed by atoms with Gasteiger partial charge in [0, 0.05) is 23.4 Å². The number of hydrogen-bond acceptors (Lipinski definition) is 4. The Morgan fingerprint density at radius 1 is 1.14 bits per heavy atom. The standard InChI is InChI=1S/C21H21ClFN3O3/c1-12-16(13(2)26(25-12)15-7-5-14(23)6-8-15)9-21(27)24-18-11-19(28-3)17(22)10-20(18)29-4/h5-8,10-11H,9H2,1-4H3,(H,24,27). The summed E-state index contributed by atoms with van der Waals surface area (Å²) in [5, 5.41) is 7.71. The molecule has 1 aromatic heterocycles. The van der Waals surface area contributed by atoms with Gasteiger partial charge in [0.05, 0.1) is 42.7 Å². The summed E-state index contributed by atoms with van der Waals surface area (Å²) >= 11 is 6.11. The van der Waals surface area contributed by atoms with Crippen LogP contribution in [0.4, 0.5) is 10.1 Å². The maximum Gasteiger partial charge on any atom is 0.229 e. The predicted octanol–water partition coefficient (Wildman–Crippen LogP) is 4.48. The summed E-state index contributed by atoms with van der Waals surface area (Å²) in [4.78, 5) is 12.7. The summed E-state index contributed by atoms with van der Waals surface area (Å²) in [7, 11) is 2.99. The van der Waals surface area contributed by atoms with Crippen molar-refractivity contribution in [1.82, 2.24) is 9.78 Å². The number of amides is 1. The summed E-state index contributed by atoms with van der Waals surface area (Å²) in [6, 6.07) is 9.23. The first kappa shape index (κ1) is 20.7. The first-order valence-electron chi connectivity index (χ1n) is 8.86. The van der Waals surface area contributed by atoms with E-state index in [1.165, 1.54) is 26.4 Å². The van der Waals surface area contributed by atoms with Crippen molar-refractivity contribution in [3.8, 4) is 17.2 Å². The van der Waals surface area contributed by atoms with Crippen molar-refractivity contribution in [3.05, 3.63) is 64.2 Å². The van der Waals surface area contributed by atoms with Crippen molar-refractivity contribution in [3.63, 3.8) is 0 Å². The number of ether oxygens (including phenoxy) is 2. The van der Waals surface area contributed by atoms with Crippen LogP contribution in [0.1, 0.15) is 17.0 Å². The van der Waals surface area contributed by atoms with Crippen LogP contribution in [0.25, 0.3) is 5.69 Å². The Kier molecular flexibility index (Phi) is 6.08. The number of halogens is 2. The van der Waals surface area contributed by atoms with Gasteiger partial charge in [-0.25, -0.2) is 9.07 Å². The van der Waals surface area contributed by atoms with Crippen molar-refractivity contribution in [2.45, 2.75) is 20.3 Å². The van der Waals surface area contributed by atoms with Gasteiger partial charge >= 0.3 is 0 Å². The zero-order valence-electron chi connectivity index (χ0n) is 16.5. The van der Waals surface area contributed by atoms with Crippen LogP contribution in [0.5, 0.6) is 11.5 Å². The quantitative estimate of drug-likeness (QED) is 0.642. The molecule has 0 aliphatic heterocycles. The topological polar surface area (TPSA) is 65.4 Å². The fourth-order valence-electron chi connectivity index (χ4n) is 3.08. The number of aromatic nitrogens is 2. The molecule has 1 N–H and O–H groups in total. The summed E-state index contributed by atoms with van der Waals surface area (Å²) in [5.74, 6) is 0.304. The second-order valence-electron chi connectivity index (χ2n) is 6.45. The van der Waals surface area contributed by atoms with Gasteiger partial charge in [0.2, 0.25) is 5.91 Å². The number of nitrogens with zero attached hydrogens (tertiary/aromatic N) is 2. The van der Waals surface area contributed by atoms with Gasteiger partial charge in [0.25, 0.3) is 0 Å². The number of nitrogens with one attached hydrogen (secondary N) is 1. The third-order valence-corrected chi connectivity index (χ3v) is 4.89. The SMILES string of the molecule is COc1cc(NC(=O)Cc2c(C)nn(-c3ccc(F)cc3)c2C)c(OC)cc1Cl. The fourth-order valence-corrected chi connectivity index (χ4v) is 3.31. The Balaban J connectivity index is 1.84. The highest BCUT2D eigenvalue weighted by Crippen LogP contribution is 2.36. The molecule has 29 heavy (non-hydrogen) atoms. The van der Waals surface area contributed by atoms with Gasteiger partial charge in [-0.3, -0.25) is 4.79 Å². The van der Waals surface area contributed by atoms with Gasteiger partial charge in [-0.1, -0.05) is 11.6 Å². The molecule has 3 rings (SSSR count). The van der Waals surface area contributed by atoms with E-state index in [1.807, 2.05) is 13.8 Å². The number of anilines is 1. The molecule has 6 nitrogen and oxygen atoms in total. The number of benzene rings is 2. The monoisotopic (exact) mass is 417 g/mol. The summed E-state index contributed by atoms with van der Waals surface area (Å²) in [6.45, 7) is 3.71. The van der Waals surface area contributed by atoms with Crippen LogP contribution in [-0.4, -0.2) is 29.9 Å². The van der Waals surface area contributed by atoms with Crippen LogP contribution in [0.3, 0.4) is 0 Å². The number of rotatable bonds is 6. The van der Waals surface area contributed by atoms with E-state index in [-0.39, 0.29) is 18.1 Å². The molecule has 0 saturated carbocycles. The molecule has 1 amide bonds. The van der Waals surface area contributed by atoms with E-state index < -0.39 is 0 Å². The largest absolute Gasteiger partial charge is 0.495 e. The molecule has 3 aromatic rings. The van der Waals surface area contributed by atoms with Crippen LogP contribution in [0.2, 0.25) is 5.02 Å². The zero-order valence-corrected chi connectivity index (χ0v) is 17.3. The van der Waals surface area contributed by atoms with Crippen molar-refractivity contribution < 1.29 is 18.7 Å². The number of carbonyl (C=O) groups excluding carboxylic acids is 1. The minimum absolute atomic E-state index is 0.118. The highest BCUT2D eigenvalue weighted by Gasteiger charge is 2.18. The van der Waals surface area contributed by atoms with E-state index in [9.17, 15) is 9.18 Å². The third kappa shape index (κ3) is 4.35. The molecular weight excluding hydrogens is 397 g/mol. The summed E-state index contributed by atoms with van der Waals surface area (Å²) < 4.78 is 25.4. The molecule has 0 saturated heterocycles. The first-order valence-corrected chi connectivity index (χ1v) is 9.24. The lowest BCUT2D eigenvalue weighted by Gasteiger charge is -2.13. The number of hydrogen-bond donors (Lipinski definition) is 1. The summed E-state index contributed by atoms with van der Waals surface area (Å²) in [6.07, 6.45) is 0.118. The molecule has 8 heteroatoms. The Bertz CT molecular complexity index is 1050. The van der Waals surface area contributed by atoms with Crippen LogP contribution < -0.4 is 14.8 Å². The average Bonchev–Trinajstić information content (AvgIpc) is 2.97. The van der Waals surface area contributed by atoms with Crippen molar-refractivity contribution in [2.24, 2.45) is 0 Å². The van der Waals surface area contributed by atoms with Crippen LogP contribution in [0.15, 0.2) is 36.4 Å². The van der Waals surface area contributed by atoms with Gasteiger partial charge in [-0.15, -0.1) is 0 Å². The van der Waals surface area contributed by atoms with Crippen LogP contribution in [0, 0.1) is 19.7 Å². The number of aryl methyl sites for hydroxylation is 1. The van der Waals surface area contributed by atoms with E-state index in [0.717, 1.165) is 22.6 Å². The molecule has 2 aromatic carbocycles. The number of methoxy groups -OCH3 is 2. The van der Waals surface area contributed by atoms with E-state index in [4.69, 9.17) is 21.1 Å². The maximum atomic E-state index is 13.2. The predicted molar refractivity (Wildman–Crippen MR) is 110 cm³/mol. The van der Waals surface area contributed by atoms with Gasteiger partial charge in [-0.05, 0) is 38.1 Å². The first-order chi connectivity index (χ1) is 13.8. The van der Waals surface area contributed by atoms with Crippen LogP contribution >= 0.6 is 11.6 Å². The Morgan fingerprint density at radius 3 is 2.41 bits per heavy atom. The van der Waals surface area contributed by atoms with Crippen molar-refractivity contribution in [2.75, 3.05) is 19.5 Å². The average molecular weight is 418 g/mol. The van der Waals surface area contributed by atoms with E-state index >= 15 is 0 Å². The minimum Gasteiger partial charge on any atom is -0.495 e. The Hall–Kier alpha value is -3.06. The molecule has 1 heterocycles. The lowest BCUT2D eigenvalue weighted by atomic mass is 10.1. The smallest absolute Gasteiger partial charge is 0.229 e. The van der Waals surface area contributed by atoms with E-state index in [1.54, 1.807) is 28.9 Å². The highest BCUT2D eigenvalue weighted by atomic mass is 35.5. The minimum atomic E-state index is -0.317. The third-order valence-electron chi connectivity index (χ3n) is 4.60. The van der Waals surface area contributed by atoms with Crippen molar-refractivity contribution >= 4 is 23.2 Å². The fraction of sp³-hybridized carbons (Fsp3) is 0.238. The molecule has 0 unspecified atom stereocenters. The second-order valence-corrected chi connectivity index (χ2v) is 6.86. The van der Waals surface area contributed by atoms with Crippen molar-refractivity contribution in [1.29, 1.82) is 0 Å². The zero-order chi connectivity index (χ0) is 21.1. The molecule has 0 radical (unpaired) electrons. The number of carbonyl (C=O) groups is 1. The van der Waals surface area contributed by atoms with Gasteiger partial charge in [0.1, 0.15) is 17.3 Å². The Morgan fingerprint density at radius 2 is 1.79 bits per heavy atom. The van der Waals surface area contributed by atoms with Gasteiger partial charge < -0.3 is 14.8 Å². The van der Waals surface area contributed by atoms with E-state index in [2.05, 4.69) is 10.4 Å².